The first-order valence-electron chi connectivity index (χ1n) is 8.17. The number of aromatic nitrogens is 1. The first-order valence-corrected chi connectivity index (χ1v) is 8.17. The number of nitrogens with zero attached hydrogens (tertiary/aromatic N) is 3. The molecule has 0 saturated heterocycles. The van der Waals surface area contributed by atoms with E-state index in [2.05, 4.69) is 25.3 Å². The standard InChI is InChI=1S/C19H20N3O2/c1-18(2)19(3)15(13-7-9-14(10-8-13)22(23)24)16(19)17(20-18)21-11-5-4-6-12-21/h4-12,15-16H,1-3H3/q+1. The molecule has 0 radical (unpaired) electrons. The molecule has 4 rings (SSSR count). The van der Waals surface area contributed by atoms with Crippen molar-refractivity contribution < 1.29 is 9.49 Å². The summed E-state index contributed by atoms with van der Waals surface area (Å²) in [4.78, 5) is 15.5. The number of pyridine rings is 1. The Morgan fingerprint density at radius 2 is 1.67 bits per heavy atom. The van der Waals surface area contributed by atoms with Crippen molar-refractivity contribution in [2.75, 3.05) is 0 Å². The Labute approximate surface area is 140 Å². The van der Waals surface area contributed by atoms with E-state index in [1.54, 1.807) is 12.1 Å². The Kier molecular flexibility index (Phi) is 2.95. The molecule has 122 valence electrons. The van der Waals surface area contributed by atoms with Gasteiger partial charge in [-0.3, -0.25) is 10.1 Å². The highest BCUT2D eigenvalue weighted by Gasteiger charge is 2.79. The second kappa shape index (κ2) is 4.72. The van der Waals surface area contributed by atoms with Crippen LogP contribution in [-0.4, -0.2) is 16.3 Å². The van der Waals surface area contributed by atoms with Crippen LogP contribution in [0.3, 0.4) is 0 Å². The van der Waals surface area contributed by atoms with E-state index in [1.165, 1.54) is 0 Å². The fourth-order valence-electron chi connectivity index (χ4n) is 4.28. The minimum Gasteiger partial charge on any atom is -0.258 e. The van der Waals surface area contributed by atoms with Gasteiger partial charge in [-0.2, -0.15) is 0 Å². The van der Waals surface area contributed by atoms with Crippen LogP contribution in [0.2, 0.25) is 0 Å². The van der Waals surface area contributed by atoms with Gasteiger partial charge in [-0.1, -0.05) is 30.1 Å². The van der Waals surface area contributed by atoms with Crippen molar-refractivity contribution in [2.24, 2.45) is 16.3 Å². The SMILES string of the molecule is CC1(C)N=C([n+]2ccccc2)C2C(c3ccc([N+](=O)[O-])cc3)C21C. The molecule has 1 aliphatic heterocycles. The molecule has 1 fully saturated rings. The van der Waals surface area contributed by atoms with E-state index in [1.807, 2.05) is 42.7 Å². The van der Waals surface area contributed by atoms with Crippen LogP contribution < -0.4 is 4.57 Å². The van der Waals surface area contributed by atoms with Crippen molar-refractivity contribution in [2.45, 2.75) is 32.2 Å². The van der Waals surface area contributed by atoms with E-state index in [9.17, 15) is 10.1 Å². The highest BCUT2D eigenvalue weighted by Crippen LogP contribution is 2.73. The average Bonchev–Trinajstić information content (AvgIpc) is 3.15. The third-order valence-corrected chi connectivity index (χ3v) is 5.95. The van der Waals surface area contributed by atoms with Crippen LogP contribution >= 0.6 is 0 Å². The highest BCUT2D eigenvalue weighted by atomic mass is 16.6. The Bertz CT molecular complexity index is 843. The summed E-state index contributed by atoms with van der Waals surface area (Å²) in [6, 6.07) is 13.0. The number of rotatable bonds is 2. The monoisotopic (exact) mass is 322 g/mol. The molecule has 5 nitrogen and oxygen atoms in total. The zero-order chi connectivity index (χ0) is 17.1. The minimum atomic E-state index is -0.351. The average molecular weight is 322 g/mol. The summed E-state index contributed by atoms with van der Waals surface area (Å²) in [5.74, 6) is 1.77. The van der Waals surface area contributed by atoms with Crippen LogP contribution in [0, 0.1) is 21.4 Å². The number of hydrogen-bond donors (Lipinski definition) is 0. The van der Waals surface area contributed by atoms with Gasteiger partial charge in [-0.15, -0.1) is 0 Å². The zero-order valence-electron chi connectivity index (χ0n) is 14.0. The number of nitro benzene ring substituents is 1. The van der Waals surface area contributed by atoms with Crippen molar-refractivity contribution in [3.63, 3.8) is 0 Å². The molecular weight excluding hydrogens is 302 g/mol. The van der Waals surface area contributed by atoms with E-state index < -0.39 is 0 Å². The van der Waals surface area contributed by atoms with Gasteiger partial charge in [-0.25, -0.2) is 4.57 Å². The quantitative estimate of drug-likeness (QED) is 0.484. The zero-order valence-corrected chi connectivity index (χ0v) is 14.0. The Hall–Kier alpha value is -2.56. The van der Waals surface area contributed by atoms with Crippen molar-refractivity contribution in [3.8, 4) is 0 Å². The lowest BCUT2D eigenvalue weighted by Crippen LogP contribution is -2.43. The summed E-state index contributed by atoms with van der Waals surface area (Å²) >= 11 is 0. The summed E-state index contributed by atoms with van der Waals surface area (Å²) in [6.45, 7) is 6.65. The molecule has 2 aliphatic rings. The van der Waals surface area contributed by atoms with Crippen LogP contribution in [0.4, 0.5) is 5.69 Å². The van der Waals surface area contributed by atoms with E-state index in [0.29, 0.717) is 11.8 Å². The molecule has 1 aliphatic carbocycles. The molecule has 0 N–H and O–H groups in total. The van der Waals surface area contributed by atoms with Crippen LogP contribution in [0.1, 0.15) is 32.3 Å². The molecule has 2 aromatic rings. The van der Waals surface area contributed by atoms with Crippen molar-refractivity contribution in [1.29, 1.82) is 0 Å². The van der Waals surface area contributed by atoms with Gasteiger partial charge in [0.1, 0.15) is 0 Å². The molecule has 3 atom stereocenters. The van der Waals surface area contributed by atoms with Crippen molar-refractivity contribution in [3.05, 3.63) is 70.5 Å². The lowest BCUT2D eigenvalue weighted by Gasteiger charge is -2.21. The summed E-state index contributed by atoms with van der Waals surface area (Å²) in [5, 5.41) is 10.9. The summed E-state index contributed by atoms with van der Waals surface area (Å²) in [6.07, 6.45) is 4.07. The molecule has 24 heavy (non-hydrogen) atoms. The summed E-state index contributed by atoms with van der Waals surface area (Å²) in [5.41, 5.74) is 1.18. The third-order valence-electron chi connectivity index (χ3n) is 5.95. The Morgan fingerprint density at radius 1 is 1.04 bits per heavy atom. The van der Waals surface area contributed by atoms with Gasteiger partial charge < -0.3 is 0 Å². The topological polar surface area (TPSA) is 59.4 Å². The van der Waals surface area contributed by atoms with Gasteiger partial charge in [-0.05, 0) is 31.5 Å². The summed E-state index contributed by atoms with van der Waals surface area (Å²) < 4.78 is 2.10. The second-order valence-electron chi connectivity index (χ2n) is 7.40. The number of benzene rings is 1. The van der Waals surface area contributed by atoms with E-state index in [0.717, 1.165) is 11.4 Å². The predicted octanol–water partition coefficient (Wildman–Crippen LogP) is 3.34. The molecule has 0 amide bonds. The maximum Gasteiger partial charge on any atom is 0.302 e. The summed E-state index contributed by atoms with van der Waals surface area (Å²) in [7, 11) is 0. The van der Waals surface area contributed by atoms with E-state index in [-0.39, 0.29) is 21.6 Å². The van der Waals surface area contributed by atoms with Gasteiger partial charge in [0.05, 0.1) is 23.2 Å². The largest absolute Gasteiger partial charge is 0.302 e. The predicted molar refractivity (Wildman–Crippen MR) is 91.0 cm³/mol. The van der Waals surface area contributed by atoms with Gasteiger partial charge in [0.2, 0.25) is 0 Å². The molecular formula is C19H20N3O2+. The molecule has 1 aromatic carbocycles. The Balaban J connectivity index is 1.73. The van der Waals surface area contributed by atoms with Crippen molar-refractivity contribution in [1.82, 2.24) is 0 Å². The van der Waals surface area contributed by atoms with E-state index in [4.69, 9.17) is 4.99 Å². The molecule has 1 saturated carbocycles. The third kappa shape index (κ3) is 1.87. The number of hydrogen-bond acceptors (Lipinski definition) is 3. The fraction of sp³-hybridized carbons (Fsp3) is 0.368. The van der Waals surface area contributed by atoms with Gasteiger partial charge >= 0.3 is 5.84 Å². The molecule has 0 spiro atoms. The van der Waals surface area contributed by atoms with Crippen LogP contribution in [-0.2, 0) is 0 Å². The van der Waals surface area contributed by atoms with Crippen molar-refractivity contribution >= 4 is 11.5 Å². The molecule has 1 aromatic heterocycles. The normalized spacial score (nSPS) is 29.7. The highest BCUT2D eigenvalue weighted by molar-refractivity contribution is 5.87. The van der Waals surface area contributed by atoms with Gasteiger partial charge in [0, 0.05) is 23.5 Å². The maximum absolute atomic E-state index is 10.9. The van der Waals surface area contributed by atoms with Gasteiger partial charge in [0.15, 0.2) is 5.54 Å². The number of fused-ring (bicyclic) bond motifs is 1. The molecule has 5 heteroatoms. The van der Waals surface area contributed by atoms with E-state index >= 15 is 0 Å². The molecule has 0 bridgehead atoms. The number of non-ortho nitro benzene ring substituents is 1. The Morgan fingerprint density at radius 3 is 2.25 bits per heavy atom. The lowest BCUT2D eigenvalue weighted by atomic mass is 9.83. The first-order chi connectivity index (χ1) is 11.4. The first kappa shape index (κ1) is 15.0. The maximum atomic E-state index is 10.9. The van der Waals surface area contributed by atoms with Gasteiger partial charge in [0.25, 0.3) is 5.69 Å². The fourth-order valence-corrected chi connectivity index (χ4v) is 4.28. The number of aliphatic imine (C=N–C) groups is 1. The molecule has 3 unspecified atom stereocenters. The minimum absolute atomic E-state index is 0.0430. The van der Waals surface area contributed by atoms with Crippen LogP contribution in [0.25, 0.3) is 0 Å². The van der Waals surface area contributed by atoms with Crippen LogP contribution in [0.5, 0.6) is 0 Å². The smallest absolute Gasteiger partial charge is 0.258 e. The lowest BCUT2D eigenvalue weighted by molar-refractivity contribution is -0.558. The number of nitro groups is 1. The second-order valence-corrected chi connectivity index (χ2v) is 7.40. The molecule has 2 heterocycles. The van der Waals surface area contributed by atoms with Crippen LogP contribution in [0.15, 0.2) is 59.9 Å².